The average molecular weight is 316 g/mol. The Hall–Kier alpha value is -1.81. The number of nitrogens with zero attached hydrogens (tertiary/aromatic N) is 1. The highest BCUT2D eigenvalue weighted by molar-refractivity contribution is 9.10. The maximum atomic E-state index is 4.39. The Morgan fingerprint density at radius 2 is 2.00 bits per heavy atom. The second-order valence-corrected chi connectivity index (χ2v) is 5.47. The molecule has 3 rings (SSSR count). The summed E-state index contributed by atoms with van der Waals surface area (Å²) >= 11 is 3.47. The summed E-state index contributed by atoms with van der Waals surface area (Å²) in [5.41, 5.74) is 4.50. The Morgan fingerprint density at radius 3 is 2.79 bits per heavy atom. The number of aromatic amines is 1. The van der Waals surface area contributed by atoms with Crippen LogP contribution < -0.4 is 5.32 Å². The van der Waals surface area contributed by atoms with E-state index in [1.54, 1.807) is 0 Å². The first-order valence-electron chi connectivity index (χ1n) is 6.11. The lowest BCUT2D eigenvalue weighted by atomic mass is 10.2. The summed E-state index contributed by atoms with van der Waals surface area (Å²) in [6.45, 7) is 4.12. The lowest BCUT2D eigenvalue weighted by Gasteiger charge is -2.07. The van der Waals surface area contributed by atoms with E-state index in [2.05, 4.69) is 57.2 Å². The van der Waals surface area contributed by atoms with E-state index in [0.717, 1.165) is 32.8 Å². The van der Waals surface area contributed by atoms with E-state index in [1.807, 2.05) is 24.4 Å². The van der Waals surface area contributed by atoms with E-state index >= 15 is 0 Å². The Morgan fingerprint density at radius 1 is 1.21 bits per heavy atom. The molecule has 0 spiro atoms. The number of pyridine rings is 1. The number of anilines is 2. The molecule has 2 heterocycles. The lowest BCUT2D eigenvalue weighted by molar-refractivity contribution is 1.24. The molecule has 0 aliphatic heterocycles. The standard InChI is InChI=1S/C15H14BrN3/c1-9-7-14(17-8-12(9)16)19-15-10(2)18-13-6-4-3-5-11(13)15/h3-8,18H,1-2H3,(H,17,19). The first-order chi connectivity index (χ1) is 9.15. The molecule has 2 aromatic heterocycles. The van der Waals surface area contributed by atoms with E-state index < -0.39 is 0 Å². The summed E-state index contributed by atoms with van der Waals surface area (Å²) < 4.78 is 1.02. The van der Waals surface area contributed by atoms with Crippen LogP contribution in [-0.4, -0.2) is 9.97 Å². The Balaban J connectivity index is 2.05. The van der Waals surface area contributed by atoms with Gasteiger partial charge in [-0.25, -0.2) is 4.98 Å². The van der Waals surface area contributed by atoms with Gasteiger partial charge in [-0.15, -0.1) is 0 Å². The van der Waals surface area contributed by atoms with Gasteiger partial charge in [-0.3, -0.25) is 0 Å². The minimum atomic E-state index is 0.855. The Labute approximate surface area is 120 Å². The molecular formula is C15H14BrN3. The quantitative estimate of drug-likeness (QED) is 0.720. The second-order valence-electron chi connectivity index (χ2n) is 4.61. The zero-order chi connectivity index (χ0) is 13.4. The van der Waals surface area contributed by atoms with Crippen LogP contribution in [-0.2, 0) is 0 Å². The topological polar surface area (TPSA) is 40.7 Å². The van der Waals surface area contributed by atoms with Gasteiger partial charge in [0.2, 0.25) is 0 Å². The molecule has 0 aliphatic carbocycles. The van der Waals surface area contributed by atoms with Crippen LogP contribution in [0, 0.1) is 13.8 Å². The molecule has 0 unspecified atom stereocenters. The normalized spacial score (nSPS) is 10.9. The van der Waals surface area contributed by atoms with Gasteiger partial charge in [0.25, 0.3) is 0 Å². The predicted molar refractivity (Wildman–Crippen MR) is 83.0 cm³/mol. The summed E-state index contributed by atoms with van der Waals surface area (Å²) in [5.74, 6) is 0.855. The van der Waals surface area contributed by atoms with Crippen LogP contribution in [0.3, 0.4) is 0 Å². The van der Waals surface area contributed by atoms with E-state index in [9.17, 15) is 0 Å². The number of aromatic nitrogens is 2. The van der Waals surface area contributed by atoms with Crippen LogP contribution in [0.5, 0.6) is 0 Å². The van der Waals surface area contributed by atoms with Crippen LogP contribution in [0.15, 0.2) is 41.0 Å². The molecule has 96 valence electrons. The monoisotopic (exact) mass is 315 g/mol. The summed E-state index contributed by atoms with van der Waals surface area (Å²) in [4.78, 5) is 7.76. The molecule has 3 aromatic rings. The zero-order valence-electron chi connectivity index (χ0n) is 10.8. The molecule has 4 heteroatoms. The molecule has 0 bridgehead atoms. The van der Waals surface area contributed by atoms with Gasteiger partial charge in [-0.2, -0.15) is 0 Å². The molecular weight excluding hydrogens is 302 g/mol. The number of benzene rings is 1. The second kappa shape index (κ2) is 4.70. The van der Waals surface area contributed by atoms with Gasteiger partial charge in [0.05, 0.1) is 5.69 Å². The first-order valence-corrected chi connectivity index (χ1v) is 6.91. The van der Waals surface area contributed by atoms with Gasteiger partial charge < -0.3 is 10.3 Å². The molecule has 0 atom stereocenters. The Bertz CT molecular complexity index is 746. The summed E-state index contributed by atoms with van der Waals surface area (Å²) in [6, 6.07) is 10.3. The van der Waals surface area contributed by atoms with Gasteiger partial charge >= 0.3 is 0 Å². The maximum Gasteiger partial charge on any atom is 0.130 e. The third kappa shape index (κ3) is 2.24. The molecule has 0 saturated heterocycles. The number of H-pyrrole nitrogens is 1. The van der Waals surface area contributed by atoms with E-state index in [-0.39, 0.29) is 0 Å². The van der Waals surface area contributed by atoms with Crippen LogP contribution in [0.2, 0.25) is 0 Å². The predicted octanol–water partition coefficient (Wildman–Crippen LogP) is 4.69. The van der Waals surface area contributed by atoms with Crippen molar-refractivity contribution in [3.8, 4) is 0 Å². The fourth-order valence-electron chi connectivity index (χ4n) is 2.17. The van der Waals surface area contributed by atoms with Crippen molar-refractivity contribution in [2.75, 3.05) is 5.32 Å². The Kier molecular flexibility index (Phi) is 3.03. The van der Waals surface area contributed by atoms with Crippen molar-refractivity contribution in [2.24, 2.45) is 0 Å². The molecule has 1 aromatic carbocycles. The first kappa shape index (κ1) is 12.2. The van der Waals surface area contributed by atoms with Crippen molar-refractivity contribution in [1.82, 2.24) is 9.97 Å². The van der Waals surface area contributed by atoms with Crippen LogP contribution in [0.25, 0.3) is 10.9 Å². The van der Waals surface area contributed by atoms with E-state index in [4.69, 9.17) is 0 Å². The van der Waals surface area contributed by atoms with Crippen molar-refractivity contribution in [1.29, 1.82) is 0 Å². The van der Waals surface area contributed by atoms with E-state index in [0.29, 0.717) is 0 Å². The molecule has 2 N–H and O–H groups in total. The molecule has 0 saturated carbocycles. The van der Waals surface area contributed by atoms with Gasteiger partial charge in [0.15, 0.2) is 0 Å². The highest BCUT2D eigenvalue weighted by Crippen LogP contribution is 2.30. The SMILES string of the molecule is Cc1cc(Nc2c(C)[nH]c3ccccc23)ncc1Br. The number of aryl methyl sites for hydroxylation is 2. The third-order valence-corrected chi connectivity index (χ3v) is 4.02. The van der Waals surface area contributed by atoms with Gasteiger partial charge in [0, 0.05) is 27.3 Å². The largest absolute Gasteiger partial charge is 0.357 e. The number of fused-ring (bicyclic) bond motifs is 1. The highest BCUT2D eigenvalue weighted by atomic mass is 79.9. The third-order valence-electron chi connectivity index (χ3n) is 3.19. The number of nitrogens with one attached hydrogen (secondary N) is 2. The van der Waals surface area contributed by atoms with Gasteiger partial charge in [-0.1, -0.05) is 18.2 Å². The van der Waals surface area contributed by atoms with E-state index in [1.165, 1.54) is 5.39 Å². The molecule has 0 aliphatic rings. The minimum absolute atomic E-state index is 0.855. The lowest BCUT2D eigenvalue weighted by Crippen LogP contribution is -1.95. The number of rotatable bonds is 2. The molecule has 0 amide bonds. The van der Waals surface area contributed by atoms with Crippen molar-refractivity contribution < 1.29 is 0 Å². The van der Waals surface area contributed by atoms with Crippen LogP contribution in [0.4, 0.5) is 11.5 Å². The number of halogens is 1. The van der Waals surface area contributed by atoms with Gasteiger partial charge in [0.1, 0.15) is 5.82 Å². The molecule has 19 heavy (non-hydrogen) atoms. The van der Waals surface area contributed by atoms with Crippen molar-refractivity contribution >= 4 is 38.3 Å². The fourth-order valence-corrected chi connectivity index (χ4v) is 2.39. The molecule has 0 fully saturated rings. The number of para-hydroxylation sites is 1. The highest BCUT2D eigenvalue weighted by Gasteiger charge is 2.08. The molecule has 3 nitrogen and oxygen atoms in total. The zero-order valence-corrected chi connectivity index (χ0v) is 12.4. The minimum Gasteiger partial charge on any atom is -0.357 e. The number of hydrogen-bond acceptors (Lipinski definition) is 2. The van der Waals surface area contributed by atoms with Crippen LogP contribution >= 0.6 is 15.9 Å². The van der Waals surface area contributed by atoms with Crippen molar-refractivity contribution in [3.63, 3.8) is 0 Å². The summed E-state index contributed by atoms with van der Waals surface area (Å²) in [5, 5.41) is 4.58. The van der Waals surface area contributed by atoms with Crippen LogP contribution in [0.1, 0.15) is 11.3 Å². The van der Waals surface area contributed by atoms with Crippen molar-refractivity contribution in [2.45, 2.75) is 13.8 Å². The summed E-state index contributed by atoms with van der Waals surface area (Å²) in [7, 11) is 0. The smallest absolute Gasteiger partial charge is 0.130 e. The van der Waals surface area contributed by atoms with Gasteiger partial charge in [-0.05, 0) is 47.5 Å². The number of hydrogen-bond donors (Lipinski definition) is 2. The molecule has 0 radical (unpaired) electrons. The maximum absolute atomic E-state index is 4.39. The fraction of sp³-hybridized carbons (Fsp3) is 0.133. The summed E-state index contributed by atoms with van der Waals surface area (Å²) in [6.07, 6.45) is 1.82. The van der Waals surface area contributed by atoms with Crippen molar-refractivity contribution in [3.05, 3.63) is 52.3 Å². The average Bonchev–Trinajstić information content (AvgIpc) is 2.71.